The van der Waals surface area contributed by atoms with Crippen LogP contribution < -0.4 is 0 Å². The molecular weight excluding hydrogens is 472 g/mol. The maximum atomic E-state index is 12.2. The molecule has 1 rings (SSSR count). The average Bonchev–Trinajstić information content (AvgIpc) is 2.85. The third kappa shape index (κ3) is 13.2. The first-order valence-corrected chi connectivity index (χ1v) is 11.6. The fourth-order valence-corrected chi connectivity index (χ4v) is 2.52. The zero-order valence-electron chi connectivity index (χ0n) is 21.2. The lowest BCUT2D eigenvalue weighted by atomic mass is 10.3. The summed E-state index contributed by atoms with van der Waals surface area (Å²) in [5.74, 6) is -1.83. The van der Waals surface area contributed by atoms with E-state index in [-0.39, 0.29) is 44.0 Å². The normalized spacial score (nSPS) is 13.0. The van der Waals surface area contributed by atoms with E-state index in [0.29, 0.717) is 6.54 Å². The van der Waals surface area contributed by atoms with Crippen LogP contribution in [0.4, 0.5) is 4.79 Å². The summed E-state index contributed by atoms with van der Waals surface area (Å²) in [6.45, 7) is 12.1. The maximum absolute atomic E-state index is 12.2. The van der Waals surface area contributed by atoms with Crippen molar-refractivity contribution in [2.75, 3.05) is 39.5 Å². The molecule has 1 atom stereocenters. The first-order chi connectivity index (χ1) is 17.1. The molecule has 0 aliphatic carbocycles. The Labute approximate surface area is 211 Å². The Morgan fingerprint density at radius 2 is 1.31 bits per heavy atom. The topological polar surface area (TPSA) is 121 Å². The van der Waals surface area contributed by atoms with Gasteiger partial charge >= 0.3 is 24.1 Å². The summed E-state index contributed by atoms with van der Waals surface area (Å²) in [5.41, 5.74) is 0.364. The van der Waals surface area contributed by atoms with Gasteiger partial charge in [0.25, 0.3) is 0 Å². The van der Waals surface area contributed by atoms with E-state index in [1.807, 2.05) is 29.7 Å². The summed E-state index contributed by atoms with van der Waals surface area (Å²) in [5, 5.41) is 0. The summed E-state index contributed by atoms with van der Waals surface area (Å²) in [6, 6.07) is 0. The molecule has 0 amide bonds. The van der Waals surface area contributed by atoms with Crippen LogP contribution in [-0.2, 0) is 38.1 Å². The molecule has 36 heavy (non-hydrogen) atoms. The first kappa shape index (κ1) is 30.3. The zero-order chi connectivity index (χ0) is 26.9. The molecule has 0 saturated heterocycles. The molecule has 0 spiro atoms. The maximum Gasteiger partial charge on any atom is 0.508 e. The minimum Gasteiger partial charge on any atom is -0.462 e. The summed E-state index contributed by atoms with van der Waals surface area (Å²) < 4.78 is 24.9. The predicted octanol–water partition coefficient (Wildman–Crippen LogP) is 3.04. The molecule has 200 valence electrons. The van der Waals surface area contributed by atoms with Crippen LogP contribution in [0.2, 0.25) is 0 Å². The average molecular weight is 509 g/mol. The number of hydrogen-bond donors (Lipinski definition) is 0. The fraction of sp³-hybridized carbons (Fsp3) is 0.520. The van der Waals surface area contributed by atoms with E-state index < -0.39 is 30.2 Å². The van der Waals surface area contributed by atoms with E-state index in [1.54, 1.807) is 0 Å². The lowest BCUT2D eigenvalue weighted by Crippen LogP contribution is -2.32. The molecule has 1 heterocycles. The number of carbonyl (C=O) groups is 4. The monoisotopic (exact) mass is 508 g/mol. The van der Waals surface area contributed by atoms with Crippen molar-refractivity contribution in [2.45, 2.75) is 46.1 Å². The number of carbonyl (C=O) groups excluding carboxylic acids is 4. The van der Waals surface area contributed by atoms with E-state index in [4.69, 9.17) is 23.7 Å². The SMILES string of the molecule is C=C(C)C(=O)OCCOC(=O)OC(COC(=O)CCN1C=CN(CCCC)C=C1)COC(=O)C(=C)C. The number of esters is 3. The highest BCUT2D eigenvalue weighted by Crippen LogP contribution is 2.08. The molecule has 11 nitrogen and oxygen atoms in total. The van der Waals surface area contributed by atoms with Gasteiger partial charge in [-0.25, -0.2) is 14.4 Å². The van der Waals surface area contributed by atoms with Gasteiger partial charge in [0.15, 0.2) is 6.10 Å². The predicted molar refractivity (Wildman–Crippen MR) is 130 cm³/mol. The highest BCUT2D eigenvalue weighted by molar-refractivity contribution is 5.87. The van der Waals surface area contributed by atoms with Crippen LogP contribution in [0.3, 0.4) is 0 Å². The van der Waals surface area contributed by atoms with E-state index in [1.165, 1.54) is 13.8 Å². The highest BCUT2D eigenvalue weighted by atomic mass is 16.7. The lowest BCUT2D eigenvalue weighted by Gasteiger charge is -2.24. The van der Waals surface area contributed by atoms with Crippen LogP contribution in [0.15, 0.2) is 49.1 Å². The summed E-state index contributed by atoms with van der Waals surface area (Å²) in [4.78, 5) is 51.1. The Morgan fingerprint density at radius 1 is 0.778 bits per heavy atom. The van der Waals surface area contributed by atoms with E-state index >= 15 is 0 Å². The Kier molecular flexibility index (Phi) is 14.1. The van der Waals surface area contributed by atoms with Crippen molar-refractivity contribution in [1.82, 2.24) is 9.80 Å². The molecule has 1 unspecified atom stereocenters. The van der Waals surface area contributed by atoms with Gasteiger partial charge in [0, 0.05) is 49.0 Å². The largest absolute Gasteiger partial charge is 0.508 e. The Morgan fingerprint density at radius 3 is 1.89 bits per heavy atom. The minimum atomic E-state index is -1.11. The molecule has 0 aromatic rings. The van der Waals surface area contributed by atoms with Crippen molar-refractivity contribution in [1.29, 1.82) is 0 Å². The van der Waals surface area contributed by atoms with Gasteiger partial charge in [0.2, 0.25) is 0 Å². The number of ether oxygens (including phenoxy) is 5. The van der Waals surface area contributed by atoms with Gasteiger partial charge in [0.05, 0.1) is 6.42 Å². The van der Waals surface area contributed by atoms with E-state index in [2.05, 4.69) is 25.0 Å². The molecule has 0 N–H and O–H groups in total. The van der Waals surface area contributed by atoms with Crippen molar-refractivity contribution < 1.29 is 42.9 Å². The van der Waals surface area contributed by atoms with E-state index in [9.17, 15) is 19.2 Å². The van der Waals surface area contributed by atoms with Crippen molar-refractivity contribution in [2.24, 2.45) is 0 Å². The molecule has 0 fully saturated rings. The summed E-state index contributed by atoms with van der Waals surface area (Å²) >= 11 is 0. The van der Waals surface area contributed by atoms with Crippen LogP contribution in [-0.4, -0.2) is 79.5 Å². The van der Waals surface area contributed by atoms with Gasteiger partial charge in [-0.1, -0.05) is 26.5 Å². The van der Waals surface area contributed by atoms with Gasteiger partial charge in [-0.3, -0.25) is 4.79 Å². The summed E-state index contributed by atoms with van der Waals surface area (Å²) in [6.07, 6.45) is 7.67. The van der Waals surface area contributed by atoms with Crippen LogP contribution >= 0.6 is 0 Å². The van der Waals surface area contributed by atoms with E-state index in [0.717, 1.165) is 19.4 Å². The summed E-state index contributed by atoms with van der Waals surface area (Å²) in [7, 11) is 0. The molecule has 0 aromatic carbocycles. The Hall–Kier alpha value is -3.76. The molecule has 11 heteroatoms. The number of nitrogens with zero attached hydrogens (tertiary/aromatic N) is 2. The second-order valence-corrected chi connectivity index (χ2v) is 7.99. The van der Waals surface area contributed by atoms with Crippen molar-refractivity contribution in [3.63, 3.8) is 0 Å². The fourth-order valence-electron chi connectivity index (χ4n) is 2.52. The number of hydrogen-bond acceptors (Lipinski definition) is 11. The first-order valence-electron chi connectivity index (χ1n) is 11.6. The smallest absolute Gasteiger partial charge is 0.462 e. The standard InChI is InChI=1S/C25H36N2O9/c1-6-7-9-26-11-13-27(14-12-26)10-8-22(28)34-17-21(18-35-24(30)20(4)5)36-25(31)33-16-15-32-23(29)19(2)3/h11-14,21H,2,4,6-10,15-18H2,1,3,5H3. The van der Waals surface area contributed by atoms with Crippen molar-refractivity contribution in [3.05, 3.63) is 49.1 Å². The van der Waals surface area contributed by atoms with Gasteiger partial charge in [-0.15, -0.1) is 0 Å². The molecule has 0 bridgehead atoms. The second-order valence-electron chi connectivity index (χ2n) is 7.99. The van der Waals surface area contributed by atoms with Gasteiger partial charge in [-0.05, 0) is 20.3 Å². The highest BCUT2D eigenvalue weighted by Gasteiger charge is 2.21. The van der Waals surface area contributed by atoms with Crippen LogP contribution in [0.1, 0.15) is 40.0 Å². The van der Waals surface area contributed by atoms with Crippen LogP contribution in [0.25, 0.3) is 0 Å². The molecule has 0 radical (unpaired) electrons. The van der Waals surface area contributed by atoms with Crippen molar-refractivity contribution in [3.8, 4) is 0 Å². The third-order valence-electron chi connectivity index (χ3n) is 4.57. The molecular formula is C25H36N2O9. The second kappa shape index (κ2) is 16.8. The molecule has 1 aliphatic heterocycles. The zero-order valence-corrected chi connectivity index (χ0v) is 21.2. The van der Waals surface area contributed by atoms with Gasteiger partial charge in [0.1, 0.15) is 26.4 Å². The minimum absolute atomic E-state index is 0.0838. The number of unbranched alkanes of at least 4 members (excludes halogenated alkanes) is 1. The van der Waals surface area contributed by atoms with Gasteiger partial charge < -0.3 is 33.5 Å². The van der Waals surface area contributed by atoms with Crippen molar-refractivity contribution >= 4 is 24.1 Å². The Balaban J connectivity index is 2.46. The Bertz CT molecular complexity index is 836. The lowest BCUT2D eigenvalue weighted by molar-refractivity contribution is -0.151. The van der Waals surface area contributed by atoms with Crippen LogP contribution in [0, 0.1) is 0 Å². The molecule has 0 aromatic heterocycles. The molecule has 0 saturated carbocycles. The third-order valence-corrected chi connectivity index (χ3v) is 4.57. The molecule has 1 aliphatic rings. The van der Waals surface area contributed by atoms with Crippen LogP contribution in [0.5, 0.6) is 0 Å². The van der Waals surface area contributed by atoms with Gasteiger partial charge in [-0.2, -0.15) is 0 Å². The quantitative estimate of drug-likeness (QED) is 0.132. The number of rotatable bonds is 16.